The molecule has 0 aliphatic heterocycles. The van der Waals surface area contributed by atoms with Crippen molar-refractivity contribution in [3.63, 3.8) is 0 Å². The van der Waals surface area contributed by atoms with Gasteiger partial charge in [0.15, 0.2) is 14.7 Å². The van der Waals surface area contributed by atoms with Gasteiger partial charge in [0.05, 0.1) is 0 Å². The smallest absolute Gasteiger partial charge is 0.249 e. The molecule has 95 heavy (non-hydrogen) atoms. The minimum absolute atomic E-state index is 0.204. The highest BCUT2D eigenvalue weighted by Gasteiger charge is 2.42. The molecule has 0 unspecified atom stereocenters. The lowest BCUT2D eigenvalue weighted by atomic mass is 9.94. The highest BCUT2D eigenvalue weighted by Crippen LogP contribution is 2.46. The summed E-state index contributed by atoms with van der Waals surface area (Å²) in [6, 6.07) is 17.5. The molecule has 0 fully saturated rings. The van der Waals surface area contributed by atoms with Crippen LogP contribution in [0.4, 0.5) is 4.79 Å². The van der Waals surface area contributed by atoms with Crippen molar-refractivity contribution >= 4 is 17.1 Å². The van der Waals surface area contributed by atoms with Gasteiger partial charge in [-0.3, -0.25) is 0 Å². The van der Waals surface area contributed by atoms with E-state index in [-0.39, 0.29) is 10.9 Å². The molecule has 0 heterocycles. The van der Waals surface area contributed by atoms with E-state index in [2.05, 4.69) is 98.7 Å². The number of benzene rings is 3. The lowest BCUT2D eigenvalue weighted by Crippen LogP contribution is -2.20. The third kappa shape index (κ3) is 43.5. The summed E-state index contributed by atoms with van der Waals surface area (Å²) in [5.74, 6) is 0. The number of rotatable bonds is 66. The van der Waals surface area contributed by atoms with E-state index < -0.39 is 6.16 Å². The van der Waals surface area contributed by atoms with Crippen LogP contribution in [0.1, 0.15) is 459 Å². The fraction of sp³-hybridized carbons (Fsp3) is 0.791. The summed E-state index contributed by atoms with van der Waals surface area (Å²) in [7, 11) is -0.204. The van der Waals surface area contributed by atoms with Crippen molar-refractivity contribution in [2.24, 2.45) is 0 Å². The zero-order valence-electron chi connectivity index (χ0n) is 65.2. The van der Waals surface area contributed by atoms with E-state index >= 15 is 0 Å². The second-order valence-electron chi connectivity index (χ2n) is 30.0. The van der Waals surface area contributed by atoms with Crippen LogP contribution >= 0.6 is 0 Å². The zero-order chi connectivity index (χ0) is 68.9. The van der Waals surface area contributed by atoms with Gasteiger partial charge in [0.25, 0.3) is 0 Å². The van der Waals surface area contributed by atoms with E-state index in [0.29, 0.717) is 0 Å². The SMILES string of the molecule is CCCCCCCCc1cc(CCCCCCCC)c([S+](c2c(CCCCCCCC)cc(CCCCCCCC)cc2CCCCCCCC)c2c(CCCCCCCC)cc(CCCCCCCC)cc2CCCCCCCC)c(CCCCCCCC)c1.O=C([O-])O. The first-order valence-corrected chi connectivity index (χ1v) is 44.0. The van der Waals surface area contributed by atoms with Crippen LogP contribution in [0, 0.1) is 0 Å². The number of hydrogen-bond acceptors (Lipinski definition) is 2. The van der Waals surface area contributed by atoms with Gasteiger partial charge >= 0.3 is 0 Å². The summed E-state index contributed by atoms with van der Waals surface area (Å²) in [5.41, 5.74) is 15.8. The molecule has 0 saturated carbocycles. The quantitative estimate of drug-likeness (QED) is 0.0453. The summed E-state index contributed by atoms with van der Waals surface area (Å²) in [6.07, 6.45) is 83.4. The van der Waals surface area contributed by atoms with Crippen LogP contribution in [0.15, 0.2) is 51.1 Å². The molecule has 0 saturated heterocycles. The molecule has 0 aromatic heterocycles. The maximum absolute atomic E-state index is 8.44. The molecule has 0 spiro atoms. The van der Waals surface area contributed by atoms with E-state index in [9.17, 15) is 0 Å². The molecular weight excluding hydrogens is 1170 g/mol. The lowest BCUT2D eigenvalue weighted by molar-refractivity contribution is -0.275. The number of carboxylic acid groups (broad SMARTS) is 2. The van der Waals surface area contributed by atoms with Crippen molar-refractivity contribution in [1.82, 2.24) is 0 Å². The van der Waals surface area contributed by atoms with Gasteiger partial charge in [0.1, 0.15) is 10.9 Å². The summed E-state index contributed by atoms with van der Waals surface area (Å²) < 4.78 is 0. The molecule has 0 radical (unpaired) electrons. The van der Waals surface area contributed by atoms with Crippen LogP contribution in [0.3, 0.4) is 0 Å². The molecule has 0 bridgehead atoms. The van der Waals surface area contributed by atoms with E-state index in [1.165, 1.54) is 405 Å². The second-order valence-corrected chi connectivity index (χ2v) is 31.8. The van der Waals surface area contributed by atoms with Gasteiger partial charge in [0.2, 0.25) is 6.16 Å². The van der Waals surface area contributed by atoms with Crippen molar-refractivity contribution < 1.29 is 15.0 Å². The minimum atomic E-state index is -2.08. The predicted octanol–water partition coefficient (Wildman–Crippen LogP) is 29.8. The first-order valence-electron chi connectivity index (χ1n) is 42.8. The van der Waals surface area contributed by atoms with Crippen molar-refractivity contribution in [2.45, 2.75) is 482 Å². The third-order valence-electron chi connectivity index (χ3n) is 20.8. The zero-order valence-corrected chi connectivity index (χ0v) is 66.0. The average Bonchev–Trinajstić information content (AvgIpc) is 0.747. The second kappa shape index (κ2) is 63.5. The van der Waals surface area contributed by atoms with Gasteiger partial charge in [-0.2, -0.15) is 0 Å². The first kappa shape index (κ1) is 88.4. The Kier molecular flexibility index (Phi) is 59.0. The van der Waals surface area contributed by atoms with E-state index in [1.807, 2.05) is 14.7 Å². The Bertz CT molecular complexity index is 1870. The monoisotopic (exact) mass is 1330 g/mol. The first-order chi connectivity index (χ1) is 46.7. The predicted molar refractivity (Wildman–Crippen MR) is 423 cm³/mol. The number of unbranched alkanes of at least 4 members (excludes halogenated alkanes) is 45. The van der Waals surface area contributed by atoms with Crippen molar-refractivity contribution in [1.29, 1.82) is 0 Å². The third-order valence-corrected chi connectivity index (χ3v) is 23.6. The Hall–Kier alpha value is -2.72. The van der Waals surface area contributed by atoms with Gasteiger partial charge < -0.3 is 15.0 Å². The Morgan fingerprint density at radius 1 is 0.232 bits per heavy atom. The molecule has 4 heteroatoms. The maximum Gasteiger partial charge on any atom is 0.249 e. The molecule has 0 atom stereocenters. The fourth-order valence-electron chi connectivity index (χ4n) is 15.0. The highest BCUT2D eigenvalue weighted by atomic mass is 32.2. The summed E-state index contributed by atoms with van der Waals surface area (Å²) >= 11 is 0. The molecule has 3 aromatic rings. The molecule has 3 rings (SSSR count). The minimum Gasteiger partial charge on any atom is -0.565 e. The topological polar surface area (TPSA) is 60.4 Å². The van der Waals surface area contributed by atoms with Crippen LogP contribution in [0.25, 0.3) is 0 Å². The normalized spacial score (nSPS) is 11.6. The number of aryl methyl sites for hydroxylation is 9. The largest absolute Gasteiger partial charge is 0.565 e. The van der Waals surface area contributed by atoms with Gasteiger partial charge in [-0.15, -0.1) is 0 Å². The standard InChI is InChI=1S/C90H159S.CH2O3/c1-10-19-28-37-46-55-64-79-73-82(67-58-49-40-31-22-13-4)88(83(74-79)68-59-50-41-32-23-14-5)91(89-84(69-60-51-42-33-24-15-6)75-80(65-56-47-38-29-20-11-2)76-85(89)70-61-52-43-34-25-16-7)90-86(71-62-53-44-35-26-17-8)77-81(66-57-48-39-30-21-12-3)78-87(90)72-63-54-45-36-27-18-9;2-1(3)4/h73-78H,10-72H2,1-9H3;(H2,2,3,4)/q+1;/p-1. The van der Waals surface area contributed by atoms with Gasteiger partial charge in [-0.25, -0.2) is 0 Å². The van der Waals surface area contributed by atoms with Crippen molar-refractivity contribution in [3.05, 3.63) is 86.5 Å². The van der Waals surface area contributed by atoms with E-state index in [1.54, 1.807) is 50.1 Å². The molecule has 548 valence electrons. The molecular formula is C91H160O3S. The molecule has 1 N–H and O–H groups in total. The molecule has 0 aliphatic rings. The van der Waals surface area contributed by atoms with E-state index in [0.717, 1.165) is 0 Å². The van der Waals surface area contributed by atoms with Crippen molar-refractivity contribution in [3.8, 4) is 0 Å². The Morgan fingerprint density at radius 2 is 0.347 bits per heavy atom. The fourth-order valence-corrected chi connectivity index (χ4v) is 18.2. The Balaban J connectivity index is 0.00000745. The van der Waals surface area contributed by atoms with Crippen molar-refractivity contribution in [2.75, 3.05) is 0 Å². The molecule has 3 aromatic carbocycles. The summed E-state index contributed by atoms with van der Waals surface area (Å²) in [6.45, 7) is 21.6. The molecule has 0 amide bonds. The van der Waals surface area contributed by atoms with E-state index in [4.69, 9.17) is 15.0 Å². The number of carbonyl (C=O) groups is 1. The van der Waals surface area contributed by atoms with Crippen LogP contribution in [-0.4, -0.2) is 11.3 Å². The Labute approximate surface area is 596 Å². The molecule has 0 aliphatic carbocycles. The van der Waals surface area contributed by atoms with Crippen LogP contribution < -0.4 is 5.11 Å². The van der Waals surface area contributed by atoms with Crippen LogP contribution in [-0.2, 0) is 68.7 Å². The summed E-state index contributed by atoms with van der Waals surface area (Å²) in [5, 5.41) is 15.3. The van der Waals surface area contributed by atoms with Crippen LogP contribution in [0.2, 0.25) is 0 Å². The number of hydrogen-bond donors (Lipinski definition) is 1. The van der Waals surface area contributed by atoms with Gasteiger partial charge in [-0.05, 0) is 132 Å². The molecule has 3 nitrogen and oxygen atoms in total. The van der Waals surface area contributed by atoms with Gasteiger partial charge in [0, 0.05) is 33.4 Å². The van der Waals surface area contributed by atoms with Crippen LogP contribution in [0.5, 0.6) is 0 Å². The summed E-state index contributed by atoms with van der Waals surface area (Å²) in [4.78, 5) is 14.0. The van der Waals surface area contributed by atoms with Gasteiger partial charge in [-0.1, -0.05) is 388 Å². The average molecular weight is 1330 g/mol. The Morgan fingerprint density at radius 3 is 0.484 bits per heavy atom. The lowest BCUT2D eigenvalue weighted by Gasteiger charge is -2.26. The maximum atomic E-state index is 8.44. The highest BCUT2D eigenvalue weighted by molar-refractivity contribution is 7.97.